The molecular weight excluding hydrogens is 240 g/mol. The fraction of sp³-hybridized carbons (Fsp3) is 0.818. The van der Waals surface area contributed by atoms with E-state index < -0.39 is 12.1 Å². The van der Waals surface area contributed by atoms with Gasteiger partial charge in [0.25, 0.3) is 0 Å². The van der Waals surface area contributed by atoms with Crippen molar-refractivity contribution in [3.8, 4) is 0 Å². The average Bonchev–Trinajstić information content (AvgIpc) is 2.33. The van der Waals surface area contributed by atoms with Gasteiger partial charge < -0.3 is 24.8 Å². The molecule has 1 atom stereocenters. The summed E-state index contributed by atoms with van der Waals surface area (Å²) in [5, 5.41) is 11.9. The van der Waals surface area contributed by atoms with Gasteiger partial charge in [-0.25, -0.2) is 4.79 Å². The van der Waals surface area contributed by atoms with E-state index in [-0.39, 0.29) is 31.3 Å². The highest BCUT2D eigenvalue weighted by Gasteiger charge is 2.34. The first-order chi connectivity index (χ1) is 8.50. The first kappa shape index (κ1) is 13.3. The van der Waals surface area contributed by atoms with Gasteiger partial charge in [0.15, 0.2) is 6.10 Å². The number of hydrogen-bond acceptors (Lipinski definition) is 5. The van der Waals surface area contributed by atoms with Crippen LogP contribution in [0.25, 0.3) is 0 Å². The number of amides is 1. The Morgan fingerprint density at radius 1 is 1.56 bits per heavy atom. The topological polar surface area (TPSA) is 88.1 Å². The Morgan fingerprint density at radius 2 is 2.28 bits per heavy atom. The van der Waals surface area contributed by atoms with E-state index in [4.69, 9.17) is 14.6 Å². The summed E-state index contributed by atoms with van der Waals surface area (Å²) >= 11 is 0. The number of carbonyl (C=O) groups excluding carboxylic acids is 1. The summed E-state index contributed by atoms with van der Waals surface area (Å²) in [5.74, 6) is -1.22. The third-order valence-corrected chi connectivity index (χ3v) is 3.24. The van der Waals surface area contributed by atoms with E-state index in [1.54, 1.807) is 0 Å². The van der Waals surface area contributed by atoms with Crippen LogP contribution in [0.3, 0.4) is 0 Å². The molecule has 0 aromatic heterocycles. The predicted molar refractivity (Wildman–Crippen MR) is 61.2 cm³/mol. The second-order valence-electron chi connectivity index (χ2n) is 4.88. The standard InChI is InChI=1S/C11H18N2O5/c1-11(6-12-7-11)18-5-9(14)13-2-3-17-8(4-13)10(15)16/h8,12H,2-7H2,1H3,(H,15,16). The summed E-state index contributed by atoms with van der Waals surface area (Å²) in [6, 6.07) is 0. The maximum absolute atomic E-state index is 11.9. The molecule has 7 nitrogen and oxygen atoms in total. The quantitative estimate of drug-likeness (QED) is 0.650. The maximum atomic E-state index is 11.9. The molecule has 0 saturated carbocycles. The number of nitrogens with zero attached hydrogens (tertiary/aromatic N) is 1. The van der Waals surface area contributed by atoms with Gasteiger partial charge >= 0.3 is 5.97 Å². The number of hydrogen-bond donors (Lipinski definition) is 2. The Bertz CT molecular complexity index is 342. The minimum absolute atomic E-state index is 0.00941. The van der Waals surface area contributed by atoms with Gasteiger partial charge in [0.1, 0.15) is 6.61 Å². The molecule has 0 aliphatic carbocycles. The van der Waals surface area contributed by atoms with Crippen LogP contribution < -0.4 is 5.32 Å². The number of carboxylic acid groups (broad SMARTS) is 1. The molecule has 2 fully saturated rings. The normalized spacial score (nSPS) is 26.5. The average molecular weight is 258 g/mol. The summed E-state index contributed by atoms with van der Waals surface area (Å²) in [6.45, 7) is 4.16. The Kier molecular flexibility index (Phi) is 3.84. The van der Waals surface area contributed by atoms with Crippen molar-refractivity contribution >= 4 is 11.9 Å². The van der Waals surface area contributed by atoms with Crippen molar-refractivity contribution in [2.75, 3.05) is 39.4 Å². The molecule has 0 bridgehead atoms. The minimum atomic E-state index is -1.04. The lowest BCUT2D eigenvalue weighted by atomic mass is 10.0. The van der Waals surface area contributed by atoms with E-state index in [2.05, 4.69) is 5.32 Å². The molecule has 0 spiro atoms. The fourth-order valence-corrected chi connectivity index (χ4v) is 1.93. The van der Waals surface area contributed by atoms with Crippen molar-refractivity contribution in [1.29, 1.82) is 0 Å². The molecule has 0 aromatic carbocycles. The van der Waals surface area contributed by atoms with Gasteiger partial charge in [-0.2, -0.15) is 0 Å². The Hall–Kier alpha value is -1.18. The molecule has 1 unspecified atom stereocenters. The molecule has 2 aliphatic rings. The largest absolute Gasteiger partial charge is 0.479 e. The summed E-state index contributed by atoms with van der Waals surface area (Å²) in [6.07, 6.45) is -0.927. The lowest BCUT2D eigenvalue weighted by molar-refractivity contribution is -0.163. The van der Waals surface area contributed by atoms with Gasteiger partial charge in [0.2, 0.25) is 5.91 Å². The maximum Gasteiger partial charge on any atom is 0.334 e. The number of aliphatic carboxylic acids is 1. The SMILES string of the molecule is CC1(OCC(=O)N2CCOC(C(=O)O)C2)CNC1. The number of rotatable bonds is 4. The van der Waals surface area contributed by atoms with E-state index in [0.717, 1.165) is 13.1 Å². The Labute approximate surface area is 105 Å². The van der Waals surface area contributed by atoms with Crippen LogP contribution in [0.1, 0.15) is 6.92 Å². The molecule has 2 aliphatic heterocycles. The van der Waals surface area contributed by atoms with Crippen LogP contribution in [0.5, 0.6) is 0 Å². The van der Waals surface area contributed by atoms with E-state index in [9.17, 15) is 9.59 Å². The molecule has 2 N–H and O–H groups in total. The van der Waals surface area contributed by atoms with Crippen LogP contribution in [0.4, 0.5) is 0 Å². The van der Waals surface area contributed by atoms with Gasteiger partial charge in [-0.05, 0) is 6.92 Å². The van der Waals surface area contributed by atoms with Gasteiger partial charge in [0.05, 0.1) is 18.8 Å². The van der Waals surface area contributed by atoms with Crippen LogP contribution in [0.2, 0.25) is 0 Å². The fourth-order valence-electron chi connectivity index (χ4n) is 1.93. The van der Waals surface area contributed by atoms with Crippen molar-refractivity contribution < 1.29 is 24.2 Å². The smallest absolute Gasteiger partial charge is 0.334 e. The first-order valence-corrected chi connectivity index (χ1v) is 5.97. The molecule has 2 saturated heterocycles. The molecule has 102 valence electrons. The highest BCUT2D eigenvalue weighted by Crippen LogP contribution is 2.15. The second-order valence-corrected chi connectivity index (χ2v) is 4.88. The van der Waals surface area contributed by atoms with Crippen molar-refractivity contribution in [3.63, 3.8) is 0 Å². The monoisotopic (exact) mass is 258 g/mol. The first-order valence-electron chi connectivity index (χ1n) is 5.97. The number of ether oxygens (including phenoxy) is 2. The van der Waals surface area contributed by atoms with Gasteiger partial charge in [-0.1, -0.05) is 0 Å². The van der Waals surface area contributed by atoms with Crippen molar-refractivity contribution in [1.82, 2.24) is 10.2 Å². The number of carboxylic acids is 1. The van der Waals surface area contributed by atoms with Crippen LogP contribution in [0, 0.1) is 0 Å². The number of carbonyl (C=O) groups is 2. The van der Waals surface area contributed by atoms with Gasteiger partial charge in [0, 0.05) is 19.6 Å². The van der Waals surface area contributed by atoms with E-state index >= 15 is 0 Å². The predicted octanol–water partition coefficient (Wildman–Crippen LogP) is -1.32. The highest BCUT2D eigenvalue weighted by molar-refractivity contribution is 5.79. The number of morpholine rings is 1. The van der Waals surface area contributed by atoms with Crippen molar-refractivity contribution in [2.24, 2.45) is 0 Å². The third-order valence-electron chi connectivity index (χ3n) is 3.24. The zero-order chi connectivity index (χ0) is 13.2. The molecule has 1 amide bonds. The van der Waals surface area contributed by atoms with Crippen LogP contribution in [-0.2, 0) is 19.1 Å². The van der Waals surface area contributed by atoms with Crippen molar-refractivity contribution in [3.05, 3.63) is 0 Å². The zero-order valence-electron chi connectivity index (χ0n) is 10.3. The van der Waals surface area contributed by atoms with Crippen LogP contribution in [-0.4, -0.2) is 73.0 Å². The second kappa shape index (κ2) is 5.21. The molecule has 0 aromatic rings. The van der Waals surface area contributed by atoms with E-state index in [1.165, 1.54) is 4.90 Å². The minimum Gasteiger partial charge on any atom is -0.479 e. The summed E-state index contributed by atoms with van der Waals surface area (Å²) in [4.78, 5) is 24.2. The van der Waals surface area contributed by atoms with Crippen LogP contribution in [0.15, 0.2) is 0 Å². The summed E-state index contributed by atoms with van der Waals surface area (Å²) in [5.41, 5.74) is -0.270. The molecule has 2 heterocycles. The zero-order valence-corrected chi connectivity index (χ0v) is 10.3. The number of nitrogens with one attached hydrogen (secondary N) is 1. The summed E-state index contributed by atoms with van der Waals surface area (Å²) < 4.78 is 10.6. The molecule has 18 heavy (non-hydrogen) atoms. The Morgan fingerprint density at radius 3 is 2.83 bits per heavy atom. The highest BCUT2D eigenvalue weighted by atomic mass is 16.5. The molecular formula is C11H18N2O5. The van der Waals surface area contributed by atoms with Crippen LogP contribution >= 0.6 is 0 Å². The van der Waals surface area contributed by atoms with E-state index in [0.29, 0.717) is 6.54 Å². The Balaban J connectivity index is 1.79. The summed E-state index contributed by atoms with van der Waals surface area (Å²) in [7, 11) is 0. The van der Waals surface area contributed by atoms with Gasteiger partial charge in [-0.3, -0.25) is 4.79 Å². The lowest BCUT2D eigenvalue weighted by Crippen LogP contribution is -2.60. The molecule has 7 heteroatoms. The third kappa shape index (κ3) is 2.98. The molecule has 2 rings (SSSR count). The lowest BCUT2D eigenvalue weighted by Gasteiger charge is -2.39. The molecule has 0 radical (unpaired) electrons. The van der Waals surface area contributed by atoms with E-state index in [1.807, 2.05) is 6.92 Å². The van der Waals surface area contributed by atoms with Crippen molar-refractivity contribution in [2.45, 2.75) is 18.6 Å². The van der Waals surface area contributed by atoms with Gasteiger partial charge in [-0.15, -0.1) is 0 Å².